The lowest BCUT2D eigenvalue weighted by atomic mass is 9.78. The Kier molecular flexibility index (Phi) is 7.12. The number of amides is 1. The molecule has 118 valence electrons. The van der Waals surface area contributed by atoms with Crippen molar-refractivity contribution >= 4 is 18.3 Å². The minimum atomic E-state index is -0.526. The van der Waals surface area contributed by atoms with Gasteiger partial charge in [0.1, 0.15) is 5.82 Å². The van der Waals surface area contributed by atoms with Gasteiger partial charge in [0.25, 0.3) is 0 Å². The van der Waals surface area contributed by atoms with Crippen molar-refractivity contribution < 1.29 is 9.18 Å². The molecule has 0 spiro atoms. The van der Waals surface area contributed by atoms with Crippen LogP contribution >= 0.6 is 12.4 Å². The topological polar surface area (TPSA) is 41.1 Å². The van der Waals surface area contributed by atoms with Crippen molar-refractivity contribution in [1.29, 1.82) is 0 Å². The van der Waals surface area contributed by atoms with Crippen LogP contribution < -0.4 is 10.6 Å². The first-order valence-electron chi connectivity index (χ1n) is 7.38. The number of rotatable bonds is 6. The summed E-state index contributed by atoms with van der Waals surface area (Å²) >= 11 is 0. The highest BCUT2D eigenvalue weighted by Crippen LogP contribution is 2.41. The third-order valence-corrected chi connectivity index (χ3v) is 4.16. The molecule has 1 aliphatic rings. The summed E-state index contributed by atoms with van der Waals surface area (Å²) in [6.45, 7) is 1.55. The van der Waals surface area contributed by atoms with E-state index in [-0.39, 0.29) is 24.1 Å². The number of hydrogen-bond acceptors (Lipinski definition) is 2. The largest absolute Gasteiger partial charge is 0.355 e. The molecule has 1 aromatic carbocycles. The molecule has 0 atom stereocenters. The molecular formula is C16H24ClFN2O. The second-order valence-electron chi connectivity index (χ2n) is 5.51. The molecule has 0 radical (unpaired) electrons. The van der Waals surface area contributed by atoms with Gasteiger partial charge < -0.3 is 10.6 Å². The lowest BCUT2D eigenvalue weighted by Crippen LogP contribution is -2.43. The lowest BCUT2D eigenvalue weighted by Gasteiger charge is -2.28. The van der Waals surface area contributed by atoms with Gasteiger partial charge in [0.2, 0.25) is 5.91 Å². The zero-order valence-electron chi connectivity index (χ0n) is 12.5. The van der Waals surface area contributed by atoms with E-state index in [2.05, 4.69) is 10.6 Å². The number of carbonyl (C=O) groups excluding carboxylic acids is 1. The molecule has 0 aliphatic heterocycles. The molecule has 21 heavy (non-hydrogen) atoms. The maximum absolute atomic E-state index is 13.5. The highest BCUT2D eigenvalue weighted by molar-refractivity contribution is 5.88. The van der Waals surface area contributed by atoms with Crippen LogP contribution in [0, 0.1) is 5.82 Å². The van der Waals surface area contributed by atoms with Crippen molar-refractivity contribution in [2.45, 2.75) is 37.5 Å². The molecule has 3 nitrogen and oxygen atoms in total. The molecule has 0 saturated heterocycles. The van der Waals surface area contributed by atoms with Crippen LogP contribution in [0.3, 0.4) is 0 Å². The quantitative estimate of drug-likeness (QED) is 0.793. The average molecular weight is 315 g/mol. The van der Waals surface area contributed by atoms with Gasteiger partial charge in [-0.3, -0.25) is 4.79 Å². The molecule has 0 unspecified atom stereocenters. The summed E-state index contributed by atoms with van der Waals surface area (Å²) < 4.78 is 13.5. The second kappa shape index (κ2) is 8.35. The first-order valence-corrected chi connectivity index (χ1v) is 7.38. The number of benzene rings is 1. The predicted molar refractivity (Wildman–Crippen MR) is 85.3 cm³/mol. The molecule has 1 aromatic rings. The van der Waals surface area contributed by atoms with E-state index in [1.54, 1.807) is 6.07 Å². The van der Waals surface area contributed by atoms with Crippen molar-refractivity contribution in [2.24, 2.45) is 0 Å². The molecule has 2 N–H and O–H groups in total. The molecule has 1 amide bonds. The van der Waals surface area contributed by atoms with Crippen LogP contribution in [0.25, 0.3) is 0 Å². The number of hydrogen-bond donors (Lipinski definition) is 2. The lowest BCUT2D eigenvalue weighted by molar-refractivity contribution is -0.126. The Balaban J connectivity index is 0.00000220. The molecule has 0 aromatic heterocycles. The van der Waals surface area contributed by atoms with E-state index in [1.165, 1.54) is 12.1 Å². The van der Waals surface area contributed by atoms with Gasteiger partial charge in [-0.2, -0.15) is 0 Å². The minimum absolute atomic E-state index is 0. The second-order valence-corrected chi connectivity index (χ2v) is 5.51. The fourth-order valence-corrected chi connectivity index (χ4v) is 3.05. The van der Waals surface area contributed by atoms with Crippen LogP contribution in [0.15, 0.2) is 24.3 Å². The standard InChI is InChI=1S/C16H23FN2O.ClH/c1-18-10-5-11-19-15(20)16(8-2-3-9-16)13-6-4-7-14(17)12-13;/h4,6-7,12,18H,2-3,5,8-11H2,1H3,(H,19,20);1H. The smallest absolute Gasteiger partial charge is 0.230 e. The molecular weight excluding hydrogens is 291 g/mol. The first-order chi connectivity index (χ1) is 9.69. The summed E-state index contributed by atoms with van der Waals surface area (Å²) in [6.07, 6.45) is 4.59. The zero-order chi connectivity index (χ0) is 14.4. The maximum atomic E-state index is 13.5. The third-order valence-electron chi connectivity index (χ3n) is 4.16. The number of nitrogens with one attached hydrogen (secondary N) is 2. The van der Waals surface area contributed by atoms with E-state index < -0.39 is 5.41 Å². The van der Waals surface area contributed by atoms with E-state index >= 15 is 0 Å². The van der Waals surface area contributed by atoms with E-state index in [9.17, 15) is 9.18 Å². The summed E-state index contributed by atoms with van der Waals surface area (Å²) in [7, 11) is 1.90. The van der Waals surface area contributed by atoms with Crippen molar-refractivity contribution in [3.63, 3.8) is 0 Å². The van der Waals surface area contributed by atoms with E-state index in [0.717, 1.165) is 44.2 Å². The van der Waals surface area contributed by atoms with Crippen LogP contribution in [-0.2, 0) is 10.2 Å². The summed E-state index contributed by atoms with van der Waals surface area (Å²) in [6, 6.07) is 6.51. The van der Waals surface area contributed by atoms with Crippen molar-refractivity contribution in [3.8, 4) is 0 Å². The van der Waals surface area contributed by atoms with Gasteiger partial charge in [-0.15, -0.1) is 12.4 Å². The van der Waals surface area contributed by atoms with Crippen LogP contribution in [0.5, 0.6) is 0 Å². The van der Waals surface area contributed by atoms with Gasteiger partial charge in [0.05, 0.1) is 5.41 Å². The van der Waals surface area contributed by atoms with Gasteiger partial charge in [0, 0.05) is 6.54 Å². The van der Waals surface area contributed by atoms with Gasteiger partial charge >= 0.3 is 0 Å². The van der Waals surface area contributed by atoms with Crippen molar-refractivity contribution in [1.82, 2.24) is 10.6 Å². The minimum Gasteiger partial charge on any atom is -0.355 e. The van der Waals surface area contributed by atoms with Crippen LogP contribution in [0.4, 0.5) is 4.39 Å². The predicted octanol–water partition coefficient (Wildman–Crippen LogP) is 2.79. The number of halogens is 2. The van der Waals surface area contributed by atoms with E-state index in [4.69, 9.17) is 0 Å². The molecule has 1 aliphatic carbocycles. The molecule has 1 fully saturated rings. The fraction of sp³-hybridized carbons (Fsp3) is 0.562. The van der Waals surface area contributed by atoms with Gasteiger partial charge in [-0.05, 0) is 50.6 Å². The third kappa shape index (κ3) is 4.17. The summed E-state index contributed by atoms with van der Waals surface area (Å²) in [5, 5.41) is 6.08. The highest BCUT2D eigenvalue weighted by Gasteiger charge is 2.42. The maximum Gasteiger partial charge on any atom is 0.230 e. The molecule has 0 bridgehead atoms. The summed E-state index contributed by atoms with van der Waals surface area (Å²) in [5.41, 5.74) is 0.294. The molecule has 2 rings (SSSR count). The van der Waals surface area contributed by atoms with Gasteiger partial charge in [-0.25, -0.2) is 4.39 Å². The van der Waals surface area contributed by atoms with E-state index in [1.807, 2.05) is 13.1 Å². The summed E-state index contributed by atoms with van der Waals surface area (Å²) in [5.74, 6) is -0.214. The van der Waals surface area contributed by atoms with Gasteiger partial charge in [-0.1, -0.05) is 25.0 Å². The van der Waals surface area contributed by atoms with Gasteiger partial charge in [0.15, 0.2) is 0 Å². The number of carbonyl (C=O) groups is 1. The first kappa shape index (κ1) is 17.9. The average Bonchev–Trinajstić information content (AvgIpc) is 2.94. The Labute approximate surface area is 132 Å². The monoisotopic (exact) mass is 314 g/mol. The Morgan fingerprint density at radius 1 is 1.29 bits per heavy atom. The van der Waals surface area contributed by atoms with Crippen molar-refractivity contribution in [3.05, 3.63) is 35.6 Å². The fourth-order valence-electron chi connectivity index (χ4n) is 3.05. The van der Waals surface area contributed by atoms with Crippen LogP contribution in [0.1, 0.15) is 37.7 Å². The Morgan fingerprint density at radius 3 is 2.62 bits per heavy atom. The highest BCUT2D eigenvalue weighted by atomic mass is 35.5. The molecule has 0 heterocycles. The Morgan fingerprint density at radius 2 is 2.00 bits per heavy atom. The Hall–Kier alpha value is -1.13. The molecule has 5 heteroatoms. The molecule has 1 saturated carbocycles. The zero-order valence-corrected chi connectivity index (χ0v) is 13.3. The van der Waals surface area contributed by atoms with Crippen LogP contribution in [0.2, 0.25) is 0 Å². The SMILES string of the molecule is CNCCCNC(=O)C1(c2cccc(F)c2)CCCC1.Cl. The normalized spacial score (nSPS) is 16.3. The van der Waals surface area contributed by atoms with Crippen molar-refractivity contribution in [2.75, 3.05) is 20.1 Å². The summed E-state index contributed by atoms with van der Waals surface area (Å²) in [4.78, 5) is 12.6. The van der Waals surface area contributed by atoms with E-state index in [0.29, 0.717) is 6.54 Å². The Bertz CT molecular complexity index is 461. The van der Waals surface area contributed by atoms with Crippen LogP contribution in [-0.4, -0.2) is 26.0 Å².